The van der Waals surface area contributed by atoms with E-state index in [1.54, 1.807) is 11.9 Å². The summed E-state index contributed by atoms with van der Waals surface area (Å²) >= 11 is 0. The van der Waals surface area contributed by atoms with Crippen LogP contribution in [0.5, 0.6) is 0 Å². The summed E-state index contributed by atoms with van der Waals surface area (Å²) in [7, 11) is 1.78. The third-order valence-corrected chi connectivity index (χ3v) is 3.89. The Hall–Kier alpha value is -1.10. The van der Waals surface area contributed by atoms with Crippen LogP contribution in [-0.4, -0.2) is 48.9 Å². The van der Waals surface area contributed by atoms with Gasteiger partial charge in [0.05, 0.1) is 0 Å². The molecule has 2 saturated heterocycles. The van der Waals surface area contributed by atoms with E-state index in [1.807, 2.05) is 0 Å². The second-order valence-electron chi connectivity index (χ2n) is 5.35. The van der Waals surface area contributed by atoms with Gasteiger partial charge in [-0.1, -0.05) is 6.42 Å². The zero-order valence-corrected chi connectivity index (χ0v) is 11.1. The van der Waals surface area contributed by atoms with Crippen molar-refractivity contribution < 1.29 is 9.59 Å². The molecule has 2 atom stereocenters. The lowest BCUT2D eigenvalue weighted by Crippen LogP contribution is -2.41. The van der Waals surface area contributed by atoms with E-state index >= 15 is 0 Å². The van der Waals surface area contributed by atoms with Crippen molar-refractivity contribution in [3.05, 3.63) is 0 Å². The summed E-state index contributed by atoms with van der Waals surface area (Å²) in [6, 6.07) is 0.188. The fourth-order valence-electron chi connectivity index (χ4n) is 2.70. The third kappa shape index (κ3) is 3.45. The van der Waals surface area contributed by atoms with Crippen LogP contribution in [0.2, 0.25) is 0 Å². The Bertz CT molecular complexity index is 313. The zero-order valence-electron chi connectivity index (χ0n) is 11.1. The number of nitrogens with zero attached hydrogens (tertiary/aromatic N) is 1. The number of likely N-dealkylation sites (N-methyl/N-ethyl adjacent to an activating group) is 1. The van der Waals surface area contributed by atoms with Gasteiger partial charge in [-0.3, -0.25) is 9.59 Å². The number of hydrogen-bond donors (Lipinski definition) is 2. The molecule has 2 unspecified atom stereocenters. The minimum atomic E-state index is -0.290. The molecule has 102 valence electrons. The van der Waals surface area contributed by atoms with Gasteiger partial charge in [-0.25, -0.2) is 0 Å². The lowest BCUT2D eigenvalue weighted by atomic mass is 10.0. The minimum absolute atomic E-state index is 0.0102. The van der Waals surface area contributed by atoms with Gasteiger partial charge in [0.2, 0.25) is 11.8 Å². The average molecular weight is 253 g/mol. The van der Waals surface area contributed by atoms with Crippen molar-refractivity contribution in [3.8, 4) is 0 Å². The summed E-state index contributed by atoms with van der Waals surface area (Å²) in [5.41, 5.74) is 0. The average Bonchev–Trinajstić information content (AvgIpc) is 2.70. The van der Waals surface area contributed by atoms with E-state index in [9.17, 15) is 9.59 Å². The first-order valence-corrected chi connectivity index (χ1v) is 6.94. The zero-order chi connectivity index (χ0) is 13.0. The molecule has 0 radical (unpaired) electrons. The Morgan fingerprint density at radius 3 is 2.89 bits per heavy atom. The van der Waals surface area contributed by atoms with E-state index in [4.69, 9.17) is 0 Å². The number of nitrogens with one attached hydrogen (secondary N) is 2. The van der Waals surface area contributed by atoms with Crippen LogP contribution < -0.4 is 10.6 Å². The number of carbonyl (C=O) groups excluding carboxylic acids is 2. The standard InChI is InChI=1S/C13H23N3O2/c1-16-9-7-11(13(16)18)15-12(17)6-5-10-4-2-3-8-14-10/h10-11,14H,2-9H2,1H3,(H,15,17). The number of carbonyl (C=O) groups is 2. The maximum Gasteiger partial charge on any atom is 0.244 e. The number of piperidine rings is 1. The first-order valence-electron chi connectivity index (χ1n) is 6.94. The van der Waals surface area contributed by atoms with Crippen molar-refractivity contribution in [2.24, 2.45) is 0 Å². The van der Waals surface area contributed by atoms with Gasteiger partial charge in [-0.15, -0.1) is 0 Å². The smallest absolute Gasteiger partial charge is 0.244 e. The molecule has 2 heterocycles. The van der Waals surface area contributed by atoms with Crippen LogP contribution in [0.1, 0.15) is 38.5 Å². The quantitative estimate of drug-likeness (QED) is 0.755. The highest BCUT2D eigenvalue weighted by Crippen LogP contribution is 2.13. The summed E-state index contributed by atoms with van der Waals surface area (Å²) in [4.78, 5) is 25.1. The third-order valence-electron chi connectivity index (χ3n) is 3.89. The molecule has 5 heteroatoms. The van der Waals surface area contributed by atoms with Gasteiger partial charge in [-0.2, -0.15) is 0 Å². The number of amides is 2. The van der Waals surface area contributed by atoms with E-state index in [0.717, 1.165) is 25.9 Å². The molecule has 5 nitrogen and oxygen atoms in total. The van der Waals surface area contributed by atoms with E-state index in [0.29, 0.717) is 12.5 Å². The SMILES string of the molecule is CN1CCC(NC(=O)CCC2CCCCN2)C1=O. The van der Waals surface area contributed by atoms with Gasteiger partial charge in [0.25, 0.3) is 0 Å². The molecule has 2 amide bonds. The van der Waals surface area contributed by atoms with Crippen molar-refractivity contribution in [2.75, 3.05) is 20.1 Å². The molecule has 0 aliphatic carbocycles. The molecule has 2 aliphatic rings. The van der Waals surface area contributed by atoms with Crippen LogP contribution in [-0.2, 0) is 9.59 Å². The molecule has 2 aliphatic heterocycles. The Morgan fingerprint density at radius 1 is 1.44 bits per heavy atom. The molecule has 18 heavy (non-hydrogen) atoms. The predicted molar refractivity (Wildman–Crippen MR) is 69.1 cm³/mol. The molecule has 2 rings (SSSR count). The van der Waals surface area contributed by atoms with Crippen molar-refractivity contribution in [3.63, 3.8) is 0 Å². The number of likely N-dealkylation sites (tertiary alicyclic amines) is 1. The summed E-state index contributed by atoms with van der Waals surface area (Å²) in [6.45, 7) is 1.81. The normalized spacial score (nSPS) is 28.5. The number of hydrogen-bond acceptors (Lipinski definition) is 3. The Balaban J connectivity index is 1.67. The summed E-state index contributed by atoms with van der Waals surface area (Å²) in [6.07, 6.45) is 5.80. The van der Waals surface area contributed by atoms with Crippen molar-refractivity contribution >= 4 is 11.8 Å². The molecular formula is C13H23N3O2. The lowest BCUT2D eigenvalue weighted by Gasteiger charge is -2.23. The first kappa shape index (κ1) is 13.3. The fourth-order valence-corrected chi connectivity index (χ4v) is 2.70. The van der Waals surface area contributed by atoms with Gasteiger partial charge < -0.3 is 15.5 Å². The summed E-state index contributed by atoms with van der Waals surface area (Å²) < 4.78 is 0. The maximum atomic E-state index is 11.8. The monoisotopic (exact) mass is 253 g/mol. The molecule has 0 saturated carbocycles. The topological polar surface area (TPSA) is 61.4 Å². The molecule has 0 aromatic carbocycles. The van der Waals surface area contributed by atoms with Crippen LogP contribution in [0, 0.1) is 0 Å². The van der Waals surface area contributed by atoms with Gasteiger partial charge >= 0.3 is 0 Å². The fraction of sp³-hybridized carbons (Fsp3) is 0.846. The minimum Gasteiger partial charge on any atom is -0.344 e. The second kappa shape index (κ2) is 6.18. The van der Waals surface area contributed by atoms with Crippen molar-refractivity contribution in [1.82, 2.24) is 15.5 Å². The second-order valence-corrected chi connectivity index (χ2v) is 5.35. The highest BCUT2D eigenvalue weighted by Gasteiger charge is 2.30. The van der Waals surface area contributed by atoms with Crippen LogP contribution in [0.25, 0.3) is 0 Å². The molecule has 0 spiro atoms. The summed E-state index contributed by atoms with van der Waals surface area (Å²) in [5.74, 6) is 0.0511. The maximum absolute atomic E-state index is 11.8. The lowest BCUT2D eigenvalue weighted by molar-refractivity contribution is -0.131. The predicted octanol–water partition coefficient (Wildman–Crippen LogP) is 0.256. The van der Waals surface area contributed by atoms with Crippen molar-refractivity contribution in [1.29, 1.82) is 0 Å². The van der Waals surface area contributed by atoms with Gasteiger partial charge in [0.1, 0.15) is 6.04 Å². The first-order chi connectivity index (χ1) is 8.66. The molecule has 0 bridgehead atoms. The molecular weight excluding hydrogens is 230 g/mol. The van der Waals surface area contributed by atoms with Crippen LogP contribution >= 0.6 is 0 Å². The Kier molecular flexibility index (Phi) is 4.58. The highest BCUT2D eigenvalue weighted by molar-refractivity contribution is 5.88. The van der Waals surface area contributed by atoms with E-state index in [-0.39, 0.29) is 17.9 Å². The molecule has 0 aromatic heterocycles. The van der Waals surface area contributed by atoms with Gasteiger partial charge in [0.15, 0.2) is 0 Å². The highest BCUT2D eigenvalue weighted by atomic mass is 16.2. The largest absolute Gasteiger partial charge is 0.344 e. The van der Waals surface area contributed by atoms with Crippen molar-refractivity contribution in [2.45, 2.75) is 50.6 Å². The van der Waals surface area contributed by atoms with Crippen LogP contribution in [0.4, 0.5) is 0 Å². The van der Waals surface area contributed by atoms with E-state index < -0.39 is 0 Å². The van der Waals surface area contributed by atoms with E-state index in [1.165, 1.54) is 19.3 Å². The Labute approximate surface area is 108 Å². The van der Waals surface area contributed by atoms with Gasteiger partial charge in [0, 0.05) is 26.1 Å². The molecule has 2 N–H and O–H groups in total. The Morgan fingerprint density at radius 2 is 2.28 bits per heavy atom. The summed E-state index contributed by atoms with van der Waals surface area (Å²) in [5, 5.41) is 6.27. The van der Waals surface area contributed by atoms with Crippen LogP contribution in [0.15, 0.2) is 0 Å². The number of rotatable bonds is 4. The molecule has 2 fully saturated rings. The molecule has 0 aromatic rings. The van der Waals surface area contributed by atoms with E-state index in [2.05, 4.69) is 10.6 Å². The van der Waals surface area contributed by atoms with Crippen LogP contribution in [0.3, 0.4) is 0 Å². The van der Waals surface area contributed by atoms with Gasteiger partial charge in [-0.05, 0) is 32.2 Å².